The molecule has 1 aliphatic heterocycles. The first-order valence-electron chi connectivity index (χ1n) is 8.31. The van der Waals surface area contributed by atoms with E-state index in [4.69, 9.17) is 9.26 Å². The molecule has 1 fully saturated rings. The third-order valence-electron chi connectivity index (χ3n) is 4.38. The van der Waals surface area contributed by atoms with Gasteiger partial charge in [-0.15, -0.1) is 0 Å². The molecule has 0 spiro atoms. The molecule has 1 aromatic heterocycles. The minimum Gasteiger partial charge on any atom is -0.376 e. The van der Waals surface area contributed by atoms with E-state index in [-0.39, 0.29) is 6.10 Å². The molecule has 2 atom stereocenters. The lowest BCUT2D eigenvalue weighted by atomic mass is 10.0. The van der Waals surface area contributed by atoms with Gasteiger partial charge in [0.2, 0.25) is 11.7 Å². The lowest BCUT2D eigenvalue weighted by molar-refractivity contribution is -0.0555. The Morgan fingerprint density at radius 1 is 1.22 bits per heavy atom. The molecule has 1 aliphatic rings. The van der Waals surface area contributed by atoms with Crippen LogP contribution < -0.4 is 0 Å². The molecule has 0 aliphatic carbocycles. The van der Waals surface area contributed by atoms with Crippen LogP contribution in [-0.2, 0) is 11.3 Å². The van der Waals surface area contributed by atoms with Gasteiger partial charge in [-0.2, -0.15) is 4.98 Å². The highest BCUT2D eigenvalue weighted by Crippen LogP contribution is 2.21. The van der Waals surface area contributed by atoms with Crippen molar-refractivity contribution in [1.82, 2.24) is 15.0 Å². The minimum atomic E-state index is 0.247. The smallest absolute Gasteiger partial charge is 0.241 e. The zero-order valence-electron chi connectivity index (χ0n) is 14.3. The van der Waals surface area contributed by atoms with Gasteiger partial charge in [-0.05, 0) is 25.3 Å². The third kappa shape index (κ3) is 3.79. The fourth-order valence-electron chi connectivity index (χ4n) is 2.82. The number of nitrogens with zero attached hydrogens (tertiary/aromatic N) is 3. The fourth-order valence-corrected chi connectivity index (χ4v) is 2.82. The Bertz CT molecular complexity index is 636. The number of aromatic nitrogens is 2. The van der Waals surface area contributed by atoms with Gasteiger partial charge in [-0.3, -0.25) is 4.90 Å². The van der Waals surface area contributed by atoms with Gasteiger partial charge in [0.25, 0.3) is 0 Å². The van der Waals surface area contributed by atoms with E-state index < -0.39 is 0 Å². The molecular weight excluding hydrogens is 290 g/mol. The molecule has 124 valence electrons. The summed E-state index contributed by atoms with van der Waals surface area (Å²) in [5, 5.41) is 4.13. The molecule has 5 heteroatoms. The molecule has 0 saturated carbocycles. The van der Waals surface area contributed by atoms with E-state index in [0.29, 0.717) is 30.2 Å². The fraction of sp³-hybridized carbons (Fsp3) is 0.556. The topological polar surface area (TPSA) is 51.4 Å². The Hall–Kier alpha value is -1.72. The highest BCUT2D eigenvalue weighted by atomic mass is 16.5. The quantitative estimate of drug-likeness (QED) is 0.864. The van der Waals surface area contributed by atoms with Gasteiger partial charge >= 0.3 is 0 Å². The average Bonchev–Trinajstić information content (AvgIpc) is 2.99. The summed E-state index contributed by atoms with van der Waals surface area (Å²) in [4.78, 5) is 6.88. The van der Waals surface area contributed by atoms with Crippen LogP contribution in [0.15, 0.2) is 28.8 Å². The summed E-state index contributed by atoms with van der Waals surface area (Å²) in [5.41, 5.74) is 2.31. The van der Waals surface area contributed by atoms with Crippen LogP contribution in [0.1, 0.15) is 45.1 Å². The first-order chi connectivity index (χ1) is 11.0. The van der Waals surface area contributed by atoms with Gasteiger partial charge < -0.3 is 9.26 Å². The van der Waals surface area contributed by atoms with Crippen molar-refractivity contribution in [2.75, 3.05) is 13.2 Å². The maximum atomic E-state index is 5.65. The average molecular weight is 315 g/mol. The maximum absolute atomic E-state index is 5.65. The SMILES string of the molecule is CC1CN(Cc2nc(-c3ccc(C(C)C)cc3)no2)C(C)CO1. The number of morpholine rings is 1. The number of ether oxygens (including phenoxy) is 1. The van der Waals surface area contributed by atoms with E-state index in [1.165, 1.54) is 5.56 Å². The second-order valence-electron chi connectivity index (χ2n) is 6.71. The summed E-state index contributed by atoms with van der Waals surface area (Å²) in [6.07, 6.45) is 0.247. The second-order valence-corrected chi connectivity index (χ2v) is 6.71. The van der Waals surface area contributed by atoms with Crippen LogP contribution >= 0.6 is 0 Å². The number of benzene rings is 1. The Kier molecular flexibility index (Phi) is 4.78. The van der Waals surface area contributed by atoms with E-state index in [1.807, 2.05) is 0 Å². The molecule has 2 aromatic rings. The highest BCUT2D eigenvalue weighted by Gasteiger charge is 2.25. The van der Waals surface area contributed by atoms with Crippen LogP contribution in [0.25, 0.3) is 11.4 Å². The van der Waals surface area contributed by atoms with Gasteiger partial charge in [0, 0.05) is 18.2 Å². The Morgan fingerprint density at radius 2 is 1.96 bits per heavy atom. The third-order valence-corrected chi connectivity index (χ3v) is 4.38. The summed E-state index contributed by atoms with van der Waals surface area (Å²) >= 11 is 0. The van der Waals surface area contributed by atoms with Crippen molar-refractivity contribution in [3.05, 3.63) is 35.7 Å². The van der Waals surface area contributed by atoms with Crippen molar-refractivity contribution in [2.24, 2.45) is 0 Å². The molecule has 0 amide bonds. The number of hydrogen-bond donors (Lipinski definition) is 0. The van der Waals surface area contributed by atoms with Crippen LogP contribution in [0.3, 0.4) is 0 Å². The standard InChI is InChI=1S/C18H25N3O2/c1-12(2)15-5-7-16(8-6-15)18-19-17(23-20-18)10-21-9-14(4)22-11-13(21)3/h5-8,12-14H,9-11H2,1-4H3. The summed E-state index contributed by atoms with van der Waals surface area (Å²) in [5.74, 6) is 1.84. The zero-order valence-corrected chi connectivity index (χ0v) is 14.3. The van der Waals surface area contributed by atoms with Crippen molar-refractivity contribution in [3.8, 4) is 11.4 Å². The first kappa shape index (κ1) is 16.1. The van der Waals surface area contributed by atoms with Gasteiger partial charge in [-0.25, -0.2) is 0 Å². The number of rotatable bonds is 4. The predicted octanol–water partition coefficient (Wildman–Crippen LogP) is 3.47. The van der Waals surface area contributed by atoms with Crippen molar-refractivity contribution < 1.29 is 9.26 Å². The van der Waals surface area contributed by atoms with Gasteiger partial charge in [0.1, 0.15) is 0 Å². The molecule has 2 heterocycles. The summed E-state index contributed by atoms with van der Waals surface area (Å²) < 4.78 is 11.1. The first-order valence-corrected chi connectivity index (χ1v) is 8.31. The molecule has 0 radical (unpaired) electrons. The number of hydrogen-bond acceptors (Lipinski definition) is 5. The molecular formula is C18H25N3O2. The minimum absolute atomic E-state index is 0.247. The van der Waals surface area contributed by atoms with Gasteiger partial charge in [0.15, 0.2) is 0 Å². The Morgan fingerprint density at radius 3 is 2.65 bits per heavy atom. The van der Waals surface area contributed by atoms with Gasteiger partial charge in [0.05, 0.1) is 19.3 Å². The molecule has 0 bridgehead atoms. The normalized spacial score (nSPS) is 22.7. The van der Waals surface area contributed by atoms with Crippen molar-refractivity contribution in [1.29, 1.82) is 0 Å². The van der Waals surface area contributed by atoms with E-state index in [9.17, 15) is 0 Å². The molecule has 1 aromatic carbocycles. The van der Waals surface area contributed by atoms with Crippen LogP contribution in [0.2, 0.25) is 0 Å². The Balaban J connectivity index is 1.70. The van der Waals surface area contributed by atoms with Crippen LogP contribution in [-0.4, -0.2) is 40.3 Å². The van der Waals surface area contributed by atoms with Crippen LogP contribution in [0, 0.1) is 0 Å². The van der Waals surface area contributed by atoms with E-state index in [1.54, 1.807) is 0 Å². The highest BCUT2D eigenvalue weighted by molar-refractivity contribution is 5.54. The lowest BCUT2D eigenvalue weighted by Gasteiger charge is -2.35. The summed E-state index contributed by atoms with van der Waals surface area (Å²) in [6, 6.07) is 8.74. The molecule has 3 rings (SSSR count). The molecule has 2 unspecified atom stereocenters. The molecule has 1 saturated heterocycles. The Labute approximate surface area is 137 Å². The van der Waals surface area contributed by atoms with Crippen molar-refractivity contribution >= 4 is 0 Å². The van der Waals surface area contributed by atoms with Crippen LogP contribution in [0.5, 0.6) is 0 Å². The lowest BCUT2D eigenvalue weighted by Crippen LogP contribution is -2.46. The zero-order chi connectivity index (χ0) is 16.4. The van der Waals surface area contributed by atoms with E-state index in [0.717, 1.165) is 18.7 Å². The molecule has 23 heavy (non-hydrogen) atoms. The van der Waals surface area contributed by atoms with E-state index >= 15 is 0 Å². The van der Waals surface area contributed by atoms with E-state index in [2.05, 4.69) is 67.0 Å². The van der Waals surface area contributed by atoms with Crippen molar-refractivity contribution in [3.63, 3.8) is 0 Å². The summed E-state index contributed by atoms with van der Waals surface area (Å²) in [7, 11) is 0. The maximum Gasteiger partial charge on any atom is 0.241 e. The molecule has 5 nitrogen and oxygen atoms in total. The molecule has 0 N–H and O–H groups in total. The monoisotopic (exact) mass is 315 g/mol. The van der Waals surface area contributed by atoms with Crippen LogP contribution in [0.4, 0.5) is 0 Å². The summed E-state index contributed by atoms with van der Waals surface area (Å²) in [6.45, 7) is 10.9. The van der Waals surface area contributed by atoms with Gasteiger partial charge in [-0.1, -0.05) is 43.3 Å². The second kappa shape index (κ2) is 6.81. The largest absolute Gasteiger partial charge is 0.376 e. The predicted molar refractivity (Wildman–Crippen MR) is 89.1 cm³/mol. The van der Waals surface area contributed by atoms with Crippen molar-refractivity contribution in [2.45, 2.75) is 52.3 Å².